The summed E-state index contributed by atoms with van der Waals surface area (Å²) in [5.74, 6) is 1.83. The van der Waals surface area contributed by atoms with Crippen LogP contribution in [0.5, 0.6) is 5.75 Å². The Kier molecular flexibility index (Phi) is 3.87. The minimum Gasteiger partial charge on any atom is -0.494 e. The van der Waals surface area contributed by atoms with Gasteiger partial charge in [-0.1, -0.05) is 6.92 Å². The van der Waals surface area contributed by atoms with Crippen molar-refractivity contribution in [2.45, 2.75) is 39.8 Å². The molecule has 2 N–H and O–H groups in total. The second-order valence-electron chi connectivity index (χ2n) is 4.31. The predicted molar refractivity (Wildman–Crippen MR) is 73.8 cm³/mol. The van der Waals surface area contributed by atoms with Gasteiger partial charge in [0.2, 0.25) is 0 Å². The van der Waals surface area contributed by atoms with Crippen LogP contribution in [0.15, 0.2) is 18.2 Å². The molecule has 0 aliphatic rings. The number of rotatable bonds is 5. The van der Waals surface area contributed by atoms with Crippen LogP contribution in [0.1, 0.15) is 39.1 Å². The minimum atomic E-state index is -0.00658. The lowest BCUT2D eigenvalue weighted by Crippen LogP contribution is -2.15. The highest BCUT2D eigenvalue weighted by Gasteiger charge is 2.15. The molecule has 1 aromatic heterocycles. The Bertz CT molecular complexity index is 533. The number of aryl methyl sites for hydroxylation is 1. The van der Waals surface area contributed by atoms with Gasteiger partial charge in [0, 0.05) is 12.6 Å². The van der Waals surface area contributed by atoms with Crippen molar-refractivity contribution in [1.82, 2.24) is 9.55 Å². The third-order valence-corrected chi connectivity index (χ3v) is 3.15. The van der Waals surface area contributed by atoms with Gasteiger partial charge in [-0.05, 0) is 32.4 Å². The summed E-state index contributed by atoms with van der Waals surface area (Å²) in [6.45, 7) is 7.72. The highest BCUT2D eigenvalue weighted by atomic mass is 16.5. The fourth-order valence-electron chi connectivity index (χ4n) is 2.18. The predicted octanol–water partition coefficient (Wildman–Crippen LogP) is 2.86. The van der Waals surface area contributed by atoms with Gasteiger partial charge in [-0.3, -0.25) is 0 Å². The van der Waals surface area contributed by atoms with E-state index in [2.05, 4.69) is 29.5 Å². The molecule has 2 aromatic rings. The summed E-state index contributed by atoms with van der Waals surface area (Å²) in [6, 6.07) is 6.02. The van der Waals surface area contributed by atoms with Gasteiger partial charge in [-0.15, -0.1) is 0 Å². The lowest BCUT2D eigenvalue weighted by atomic mass is 10.2. The van der Waals surface area contributed by atoms with Gasteiger partial charge in [0.05, 0.1) is 23.7 Å². The lowest BCUT2D eigenvalue weighted by molar-refractivity contribution is 0.340. The summed E-state index contributed by atoms with van der Waals surface area (Å²) in [6.07, 6.45) is 0.891. The Morgan fingerprint density at radius 1 is 1.33 bits per heavy atom. The molecule has 1 unspecified atom stereocenters. The Labute approximate surface area is 108 Å². The Morgan fingerprint density at radius 3 is 2.72 bits per heavy atom. The van der Waals surface area contributed by atoms with Crippen molar-refractivity contribution in [3.05, 3.63) is 24.0 Å². The summed E-state index contributed by atoms with van der Waals surface area (Å²) in [5.41, 5.74) is 8.20. The van der Waals surface area contributed by atoms with Crippen LogP contribution in [-0.2, 0) is 6.54 Å². The van der Waals surface area contributed by atoms with Crippen molar-refractivity contribution < 1.29 is 4.74 Å². The Hall–Kier alpha value is -1.55. The van der Waals surface area contributed by atoms with E-state index in [4.69, 9.17) is 10.5 Å². The molecule has 4 heteroatoms. The summed E-state index contributed by atoms with van der Waals surface area (Å²) in [5, 5.41) is 0. The molecule has 18 heavy (non-hydrogen) atoms. The largest absolute Gasteiger partial charge is 0.494 e. The topological polar surface area (TPSA) is 53.1 Å². The van der Waals surface area contributed by atoms with Gasteiger partial charge in [0.15, 0.2) is 0 Å². The lowest BCUT2D eigenvalue weighted by Gasteiger charge is -2.10. The van der Waals surface area contributed by atoms with E-state index in [1.54, 1.807) is 0 Å². The van der Waals surface area contributed by atoms with Crippen molar-refractivity contribution in [3.8, 4) is 5.75 Å². The maximum Gasteiger partial charge on any atom is 0.126 e. The Balaban J connectivity index is 2.53. The van der Waals surface area contributed by atoms with Gasteiger partial charge >= 0.3 is 0 Å². The Morgan fingerprint density at radius 2 is 2.11 bits per heavy atom. The zero-order chi connectivity index (χ0) is 13.1. The maximum absolute atomic E-state index is 6.12. The van der Waals surface area contributed by atoms with Gasteiger partial charge < -0.3 is 15.0 Å². The molecule has 0 saturated carbocycles. The van der Waals surface area contributed by atoms with Crippen LogP contribution in [0.25, 0.3) is 11.0 Å². The van der Waals surface area contributed by atoms with Gasteiger partial charge in [0.1, 0.15) is 11.6 Å². The summed E-state index contributed by atoms with van der Waals surface area (Å²) < 4.78 is 7.68. The van der Waals surface area contributed by atoms with Crippen LogP contribution < -0.4 is 10.5 Å². The van der Waals surface area contributed by atoms with Crippen molar-refractivity contribution in [2.24, 2.45) is 5.73 Å². The molecule has 0 aliphatic carbocycles. The molecule has 0 spiro atoms. The van der Waals surface area contributed by atoms with E-state index in [-0.39, 0.29) is 6.04 Å². The molecular formula is C14H21N3O. The van der Waals surface area contributed by atoms with Crippen LogP contribution >= 0.6 is 0 Å². The zero-order valence-electron chi connectivity index (χ0n) is 11.3. The number of benzene rings is 1. The highest BCUT2D eigenvalue weighted by molar-refractivity contribution is 5.78. The molecule has 1 atom stereocenters. The highest BCUT2D eigenvalue weighted by Crippen LogP contribution is 2.25. The van der Waals surface area contributed by atoms with Crippen molar-refractivity contribution in [2.75, 3.05) is 6.61 Å². The first-order valence-corrected chi connectivity index (χ1v) is 6.59. The fourth-order valence-corrected chi connectivity index (χ4v) is 2.18. The molecule has 2 rings (SSSR count). The van der Waals surface area contributed by atoms with Gasteiger partial charge in [0.25, 0.3) is 0 Å². The van der Waals surface area contributed by atoms with Crippen LogP contribution in [0.4, 0.5) is 0 Å². The smallest absolute Gasteiger partial charge is 0.126 e. The second kappa shape index (κ2) is 5.40. The quantitative estimate of drug-likeness (QED) is 0.884. The molecule has 0 fully saturated rings. The van der Waals surface area contributed by atoms with Crippen LogP contribution in [0.2, 0.25) is 0 Å². The van der Waals surface area contributed by atoms with Crippen molar-refractivity contribution in [3.63, 3.8) is 0 Å². The first-order chi connectivity index (χ1) is 8.71. The first-order valence-electron chi connectivity index (χ1n) is 6.59. The number of ether oxygens (including phenoxy) is 1. The first kappa shape index (κ1) is 12.9. The van der Waals surface area contributed by atoms with E-state index < -0.39 is 0 Å². The van der Waals surface area contributed by atoms with Crippen LogP contribution in [-0.4, -0.2) is 16.2 Å². The number of hydrogen-bond donors (Lipinski definition) is 1. The number of aromatic nitrogens is 2. The summed E-state index contributed by atoms with van der Waals surface area (Å²) in [4.78, 5) is 4.66. The number of imidazole rings is 1. The molecule has 0 saturated heterocycles. The molecule has 0 aliphatic heterocycles. The molecule has 0 bridgehead atoms. The molecule has 98 valence electrons. The maximum atomic E-state index is 6.12. The summed E-state index contributed by atoms with van der Waals surface area (Å²) in [7, 11) is 0. The van der Waals surface area contributed by atoms with Crippen LogP contribution in [0, 0.1) is 0 Å². The monoisotopic (exact) mass is 247 g/mol. The molecule has 4 nitrogen and oxygen atoms in total. The normalized spacial score (nSPS) is 12.9. The van der Waals surface area contributed by atoms with E-state index >= 15 is 0 Å². The number of nitrogens with two attached hydrogens (primary N) is 1. The second-order valence-corrected chi connectivity index (χ2v) is 4.31. The number of hydrogen-bond acceptors (Lipinski definition) is 3. The van der Waals surface area contributed by atoms with Gasteiger partial charge in [-0.2, -0.15) is 0 Å². The van der Waals surface area contributed by atoms with E-state index in [0.29, 0.717) is 6.61 Å². The van der Waals surface area contributed by atoms with E-state index in [1.807, 2.05) is 19.1 Å². The van der Waals surface area contributed by atoms with Crippen molar-refractivity contribution in [1.29, 1.82) is 0 Å². The average Bonchev–Trinajstić information content (AvgIpc) is 2.75. The van der Waals surface area contributed by atoms with E-state index in [9.17, 15) is 0 Å². The third-order valence-electron chi connectivity index (χ3n) is 3.15. The number of nitrogens with zero attached hydrogens (tertiary/aromatic N) is 2. The summed E-state index contributed by atoms with van der Waals surface area (Å²) >= 11 is 0. The van der Waals surface area contributed by atoms with E-state index in [0.717, 1.165) is 35.6 Å². The van der Waals surface area contributed by atoms with Gasteiger partial charge in [-0.25, -0.2) is 4.98 Å². The average molecular weight is 247 g/mol. The van der Waals surface area contributed by atoms with Crippen LogP contribution in [0.3, 0.4) is 0 Å². The fraction of sp³-hybridized carbons (Fsp3) is 0.500. The molecule has 1 heterocycles. The standard InChI is InChI=1S/C14H21N3O/c1-4-11(15)14-16-12-9-10(18-6-3)7-8-13(12)17(14)5-2/h7-9,11H,4-6,15H2,1-3H3. The minimum absolute atomic E-state index is 0.00658. The zero-order valence-corrected chi connectivity index (χ0v) is 11.3. The molecule has 1 aromatic carbocycles. The third kappa shape index (κ3) is 2.20. The molecule has 0 radical (unpaired) electrons. The molecular weight excluding hydrogens is 226 g/mol. The SMILES string of the molecule is CCOc1ccc2c(c1)nc(C(N)CC)n2CC. The van der Waals surface area contributed by atoms with E-state index in [1.165, 1.54) is 0 Å². The molecule has 0 amide bonds. The number of fused-ring (bicyclic) bond motifs is 1. The van der Waals surface area contributed by atoms with Crippen molar-refractivity contribution >= 4 is 11.0 Å².